The number of benzene rings is 1. The van der Waals surface area contributed by atoms with Crippen molar-refractivity contribution in [2.75, 3.05) is 6.61 Å². The Morgan fingerprint density at radius 3 is 2.95 bits per heavy atom. The number of para-hydroxylation sites is 1. The monoisotopic (exact) mass is 286 g/mol. The average molecular weight is 286 g/mol. The molecule has 1 aromatic heterocycles. The zero-order valence-corrected chi connectivity index (χ0v) is 12.1. The fourth-order valence-corrected chi connectivity index (χ4v) is 2.12. The number of aryl methyl sites for hydroxylation is 1. The quantitative estimate of drug-likeness (QED) is 0.375. The van der Waals surface area contributed by atoms with Crippen molar-refractivity contribution >= 4 is 40.3 Å². The van der Waals surface area contributed by atoms with Gasteiger partial charge in [-0.2, -0.15) is 4.99 Å². The average Bonchev–Trinajstić information content (AvgIpc) is 2.76. The van der Waals surface area contributed by atoms with Gasteiger partial charge in [0.15, 0.2) is 5.70 Å². The number of rotatable bonds is 4. The molecule has 0 radical (unpaired) electrons. The molecule has 0 unspecified atom stereocenters. The second-order valence-corrected chi connectivity index (χ2v) is 4.35. The van der Waals surface area contributed by atoms with E-state index in [2.05, 4.69) is 22.4 Å². The molecular formula is C15H14N2O2S. The smallest absolute Gasteiger partial charge is 0.357 e. The zero-order valence-electron chi connectivity index (χ0n) is 11.3. The van der Waals surface area contributed by atoms with Crippen LogP contribution in [0.1, 0.15) is 12.5 Å². The highest BCUT2D eigenvalue weighted by atomic mass is 32.1. The summed E-state index contributed by atoms with van der Waals surface area (Å²) in [4.78, 5) is 15.6. The molecule has 0 spiro atoms. The molecule has 0 aliphatic carbocycles. The number of aromatic nitrogens is 1. The number of nitrogens with zero attached hydrogens (tertiary/aromatic N) is 2. The molecule has 0 saturated heterocycles. The van der Waals surface area contributed by atoms with Gasteiger partial charge in [0.1, 0.15) is 0 Å². The van der Waals surface area contributed by atoms with E-state index in [-0.39, 0.29) is 5.70 Å². The molecule has 1 aromatic carbocycles. The van der Waals surface area contributed by atoms with Gasteiger partial charge in [0, 0.05) is 29.7 Å². The number of aliphatic imine (C=N–C) groups is 1. The zero-order chi connectivity index (χ0) is 14.5. The van der Waals surface area contributed by atoms with Crippen LogP contribution in [0.5, 0.6) is 0 Å². The number of carbonyl (C=O) groups excluding carboxylic acids is 1. The van der Waals surface area contributed by atoms with Crippen LogP contribution in [-0.4, -0.2) is 22.3 Å². The molecule has 0 N–H and O–H groups in total. The Hall–Kier alpha value is -2.23. The van der Waals surface area contributed by atoms with Crippen LogP contribution in [0.25, 0.3) is 17.0 Å². The van der Waals surface area contributed by atoms with E-state index in [1.165, 1.54) is 0 Å². The summed E-state index contributed by atoms with van der Waals surface area (Å²) in [6.07, 6.45) is 3.60. The molecule has 0 fully saturated rings. The molecule has 0 bridgehead atoms. The first-order valence-electron chi connectivity index (χ1n) is 6.18. The maximum atomic E-state index is 11.8. The van der Waals surface area contributed by atoms with Crippen LogP contribution in [0, 0.1) is 0 Å². The van der Waals surface area contributed by atoms with Crippen LogP contribution in [0.2, 0.25) is 0 Å². The van der Waals surface area contributed by atoms with E-state index in [1.54, 1.807) is 13.0 Å². The molecule has 0 aliphatic heterocycles. The Kier molecular flexibility index (Phi) is 4.45. The number of esters is 1. The van der Waals surface area contributed by atoms with Crippen LogP contribution in [0.4, 0.5) is 0 Å². The highest BCUT2D eigenvalue weighted by Crippen LogP contribution is 2.23. The molecule has 4 nitrogen and oxygen atoms in total. The molecule has 0 saturated carbocycles. The predicted molar refractivity (Wildman–Crippen MR) is 82.6 cm³/mol. The van der Waals surface area contributed by atoms with E-state index >= 15 is 0 Å². The second-order valence-electron chi connectivity index (χ2n) is 4.17. The van der Waals surface area contributed by atoms with E-state index < -0.39 is 5.97 Å². The van der Waals surface area contributed by atoms with Crippen molar-refractivity contribution < 1.29 is 9.53 Å². The third kappa shape index (κ3) is 2.85. The van der Waals surface area contributed by atoms with Crippen molar-refractivity contribution in [2.24, 2.45) is 12.0 Å². The van der Waals surface area contributed by atoms with E-state index in [9.17, 15) is 4.79 Å². The number of thiocarbonyl (C=S) groups is 1. The third-order valence-corrected chi connectivity index (χ3v) is 2.96. The van der Waals surface area contributed by atoms with Gasteiger partial charge in [0.25, 0.3) is 0 Å². The Bertz CT molecular complexity index is 725. The van der Waals surface area contributed by atoms with Crippen LogP contribution in [0.3, 0.4) is 0 Å². The fourth-order valence-electron chi connectivity index (χ4n) is 2.03. The maximum Gasteiger partial charge on any atom is 0.357 e. The van der Waals surface area contributed by atoms with Gasteiger partial charge in [0.05, 0.1) is 11.8 Å². The highest BCUT2D eigenvalue weighted by molar-refractivity contribution is 7.78. The summed E-state index contributed by atoms with van der Waals surface area (Å²) in [6.45, 7) is 2.03. The van der Waals surface area contributed by atoms with Gasteiger partial charge in [-0.15, -0.1) is 0 Å². The van der Waals surface area contributed by atoms with Gasteiger partial charge < -0.3 is 9.30 Å². The first kappa shape index (κ1) is 14.2. The summed E-state index contributed by atoms with van der Waals surface area (Å²) in [5, 5.41) is 3.25. The Labute approximate surface area is 122 Å². The van der Waals surface area contributed by atoms with Crippen molar-refractivity contribution in [2.45, 2.75) is 6.92 Å². The molecule has 5 heteroatoms. The Morgan fingerprint density at radius 1 is 1.50 bits per heavy atom. The van der Waals surface area contributed by atoms with Crippen molar-refractivity contribution in [3.05, 3.63) is 41.7 Å². The number of ether oxygens (including phenoxy) is 1. The molecule has 1 heterocycles. The van der Waals surface area contributed by atoms with Crippen molar-refractivity contribution in [1.82, 2.24) is 4.57 Å². The number of fused-ring (bicyclic) bond motifs is 1. The van der Waals surface area contributed by atoms with Gasteiger partial charge in [-0.25, -0.2) is 4.79 Å². The van der Waals surface area contributed by atoms with Crippen LogP contribution in [-0.2, 0) is 16.6 Å². The lowest BCUT2D eigenvalue weighted by Crippen LogP contribution is -2.05. The van der Waals surface area contributed by atoms with Gasteiger partial charge in [-0.1, -0.05) is 18.2 Å². The highest BCUT2D eigenvalue weighted by Gasteiger charge is 2.11. The normalized spacial score (nSPS) is 11.2. The molecule has 2 aromatic rings. The summed E-state index contributed by atoms with van der Waals surface area (Å²) in [5.74, 6) is -0.502. The molecule has 20 heavy (non-hydrogen) atoms. The molecule has 102 valence electrons. The van der Waals surface area contributed by atoms with E-state index in [1.807, 2.05) is 42.1 Å². The summed E-state index contributed by atoms with van der Waals surface area (Å²) in [7, 11) is 1.95. The van der Waals surface area contributed by atoms with Crippen LogP contribution < -0.4 is 0 Å². The third-order valence-electron chi connectivity index (χ3n) is 2.87. The fraction of sp³-hybridized carbons (Fsp3) is 0.200. The Morgan fingerprint density at radius 2 is 2.25 bits per heavy atom. The first-order chi connectivity index (χ1) is 9.67. The molecule has 2 rings (SSSR count). The van der Waals surface area contributed by atoms with E-state index in [0.29, 0.717) is 6.61 Å². The van der Waals surface area contributed by atoms with Gasteiger partial charge >= 0.3 is 5.97 Å². The molecular weight excluding hydrogens is 272 g/mol. The minimum atomic E-state index is -0.502. The minimum Gasteiger partial charge on any atom is -0.461 e. The maximum absolute atomic E-state index is 11.8. The van der Waals surface area contributed by atoms with E-state index in [0.717, 1.165) is 16.5 Å². The van der Waals surface area contributed by atoms with Crippen molar-refractivity contribution in [1.29, 1.82) is 0 Å². The number of carbonyl (C=O) groups is 1. The summed E-state index contributed by atoms with van der Waals surface area (Å²) < 4.78 is 6.94. The van der Waals surface area contributed by atoms with Gasteiger partial charge in [-0.05, 0) is 31.3 Å². The second kappa shape index (κ2) is 6.28. The minimum absolute atomic E-state index is 0.151. The predicted octanol–water partition coefficient (Wildman–Crippen LogP) is 3.19. The summed E-state index contributed by atoms with van der Waals surface area (Å²) in [5.41, 5.74) is 2.12. The topological polar surface area (TPSA) is 43.6 Å². The molecule has 0 aliphatic rings. The largest absolute Gasteiger partial charge is 0.461 e. The van der Waals surface area contributed by atoms with Gasteiger partial charge in [0.2, 0.25) is 0 Å². The summed E-state index contributed by atoms with van der Waals surface area (Å²) >= 11 is 4.58. The standard InChI is InChI=1S/C15H14N2O2S/c1-3-19-15(18)13(16-10-20)8-11-9-17(2)14-7-5-4-6-12(11)14/h4-9H,3H2,1-2H3/b13-8-. The van der Waals surface area contributed by atoms with Crippen molar-refractivity contribution in [3.63, 3.8) is 0 Å². The SMILES string of the molecule is CCOC(=O)/C(=C/c1cn(C)c2ccccc12)N=C=S. The lowest BCUT2D eigenvalue weighted by atomic mass is 10.1. The molecule has 0 atom stereocenters. The lowest BCUT2D eigenvalue weighted by molar-refractivity contribution is -0.138. The van der Waals surface area contributed by atoms with Crippen molar-refractivity contribution in [3.8, 4) is 0 Å². The number of hydrogen-bond acceptors (Lipinski definition) is 4. The van der Waals surface area contributed by atoms with E-state index in [4.69, 9.17) is 4.74 Å². The van der Waals surface area contributed by atoms with Gasteiger partial charge in [-0.3, -0.25) is 0 Å². The number of hydrogen-bond donors (Lipinski definition) is 0. The first-order valence-corrected chi connectivity index (χ1v) is 6.59. The number of isothiocyanates is 1. The molecule has 0 amide bonds. The summed E-state index contributed by atoms with van der Waals surface area (Å²) in [6, 6.07) is 7.92. The van der Waals surface area contributed by atoms with Crippen LogP contribution >= 0.6 is 12.2 Å². The Balaban J connectivity index is 2.54. The lowest BCUT2D eigenvalue weighted by Gasteiger charge is -2.00. The van der Waals surface area contributed by atoms with Crippen LogP contribution in [0.15, 0.2) is 41.2 Å².